The number of carbonyl (C=O) groups is 1. The summed E-state index contributed by atoms with van der Waals surface area (Å²) in [5.74, 6) is 0.596. The van der Waals surface area contributed by atoms with Crippen LogP contribution in [0, 0.1) is 13.8 Å². The van der Waals surface area contributed by atoms with Crippen molar-refractivity contribution in [1.82, 2.24) is 4.98 Å². The number of nitrogens with zero attached hydrogens (tertiary/aromatic N) is 1. The van der Waals surface area contributed by atoms with Gasteiger partial charge in [-0.2, -0.15) is 0 Å². The lowest BCUT2D eigenvalue weighted by atomic mass is 9.90. The number of carboxylic acid groups (broad SMARTS) is 1. The summed E-state index contributed by atoms with van der Waals surface area (Å²) < 4.78 is 10.9. The van der Waals surface area contributed by atoms with Gasteiger partial charge in [-0.3, -0.25) is 4.79 Å². The van der Waals surface area contributed by atoms with Gasteiger partial charge in [-0.15, -0.1) is 0 Å². The van der Waals surface area contributed by atoms with Crippen molar-refractivity contribution in [3.8, 4) is 22.8 Å². The first kappa shape index (κ1) is 20.9. The Balaban J connectivity index is 1.52. The number of pyridine rings is 1. The van der Waals surface area contributed by atoms with Crippen molar-refractivity contribution >= 4 is 5.97 Å². The van der Waals surface area contributed by atoms with E-state index in [2.05, 4.69) is 49.2 Å². The van der Waals surface area contributed by atoms with Crippen molar-refractivity contribution in [2.75, 3.05) is 13.7 Å². The number of ether oxygens (including phenoxy) is 2. The van der Waals surface area contributed by atoms with Gasteiger partial charge in [0.1, 0.15) is 5.75 Å². The monoisotopic (exact) mass is 417 g/mol. The van der Waals surface area contributed by atoms with Crippen LogP contribution < -0.4 is 9.47 Å². The van der Waals surface area contributed by atoms with Crippen molar-refractivity contribution < 1.29 is 19.4 Å². The Labute approximate surface area is 182 Å². The molecule has 5 heteroatoms. The SMILES string of the molecule is COc1ccc(-c2c(C)ccc(CCc3ccc4c(c3)OC[C@H]4CC(=O)O)c2C)cn1. The molecule has 160 valence electrons. The van der Waals surface area contributed by atoms with Crippen LogP contribution in [0.3, 0.4) is 0 Å². The molecule has 1 atom stereocenters. The summed E-state index contributed by atoms with van der Waals surface area (Å²) in [5, 5.41) is 9.08. The molecule has 0 fully saturated rings. The van der Waals surface area contributed by atoms with Crippen LogP contribution in [0.25, 0.3) is 11.1 Å². The predicted molar refractivity (Wildman–Crippen MR) is 120 cm³/mol. The molecule has 0 radical (unpaired) electrons. The molecule has 2 heterocycles. The molecule has 0 bridgehead atoms. The molecule has 1 N–H and O–H groups in total. The minimum atomic E-state index is -0.789. The zero-order valence-electron chi connectivity index (χ0n) is 18.1. The van der Waals surface area contributed by atoms with Crippen LogP contribution in [0.1, 0.15) is 40.2 Å². The van der Waals surface area contributed by atoms with Gasteiger partial charge in [0.25, 0.3) is 0 Å². The number of aromatic nitrogens is 1. The Morgan fingerprint density at radius 2 is 2.00 bits per heavy atom. The molecule has 4 rings (SSSR count). The largest absolute Gasteiger partial charge is 0.493 e. The van der Waals surface area contributed by atoms with Crippen LogP contribution in [-0.4, -0.2) is 29.8 Å². The lowest BCUT2D eigenvalue weighted by molar-refractivity contribution is -0.137. The average molecular weight is 418 g/mol. The Hall–Kier alpha value is -3.34. The van der Waals surface area contributed by atoms with Gasteiger partial charge >= 0.3 is 5.97 Å². The number of hydrogen-bond acceptors (Lipinski definition) is 4. The van der Waals surface area contributed by atoms with Crippen LogP contribution in [0.15, 0.2) is 48.7 Å². The summed E-state index contributed by atoms with van der Waals surface area (Å²) in [7, 11) is 1.62. The topological polar surface area (TPSA) is 68.7 Å². The Kier molecular flexibility index (Phi) is 5.94. The molecule has 1 aromatic heterocycles. The first-order valence-electron chi connectivity index (χ1n) is 10.5. The lowest BCUT2D eigenvalue weighted by Crippen LogP contribution is -2.07. The molecule has 0 spiro atoms. The summed E-state index contributed by atoms with van der Waals surface area (Å²) >= 11 is 0. The molecule has 0 aliphatic carbocycles. The maximum atomic E-state index is 11.0. The summed E-state index contributed by atoms with van der Waals surface area (Å²) in [5.41, 5.74) is 8.32. The molecule has 0 unspecified atom stereocenters. The van der Waals surface area contributed by atoms with E-state index in [0.29, 0.717) is 12.5 Å². The van der Waals surface area contributed by atoms with Crippen molar-refractivity contribution in [2.24, 2.45) is 0 Å². The number of aryl methyl sites for hydroxylation is 3. The molecule has 1 aliphatic rings. The van der Waals surface area contributed by atoms with Crippen molar-refractivity contribution in [1.29, 1.82) is 0 Å². The van der Waals surface area contributed by atoms with Crippen molar-refractivity contribution in [3.63, 3.8) is 0 Å². The van der Waals surface area contributed by atoms with Gasteiger partial charge < -0.3 is 14.6 Å². The zero-order chi connectivity index (χ0) is 22.0. The van der Waals surface area contributed by atoms with Crippen LogP contribution in [-0.2, 0) is 17.6 Å². The van der Waals surface area contributed by atoms with Gasteiger partial charge in [-0.05, 0) is 66.6 Å². The number of fused-ring (bicyclic) bond motifs is 1. The maximum absolute atomic E-state index is 11.0. The number of carboxylic acids is 1. The minimum Gasteiger partial charge on any atom is -0.493 e. The fourth-order valence-electron chi connectivity index (χ4n) is 4.39. The third kappa shape index (κ3) is 4.41. The summed E-state index contributed by atoms with van der Waals surface area (Å²) in [6.45, 7) is 4.74. The van der Waals surface area contributed by atoms with E-state index in [1.165, 1.54) is 27.8 Å². The van der Waals surface area contributed by atoms with Crippen LogP contribution in [0.4, 0.5) is 0 Å². The van der Waals surface area contributed by atoms with E-state index in [4.69, 9.17) is 14.6 Å². The van der Waals surface area contributed by atoms with Gasteiger partial charge in [-0.1, -0.05) is 24.3 Å². The van der Waals surface area contributed by atoms with Gasteiger partial charge in [-0.25, -0.2) is 4.98 Å². The zero-order valence-corrected chi connectivity index (χ0v) is 18.1. The average Bonchev–Trinajstić information content (AvgIpc) is 3.15. The first-order valence-corrected chi connectivity index (χ1v) is 10.5. The molecule has 5 nitrogen and oxygen atoms in total. The number of benzene rings is 2. The number of rotatable bonds is 7. The van der Waals surface area contributed by atoms with E-state index in [1.807, 2.05) is 18.3 Å². The summed E-state index contributed by atoms with van der Waals surface area (Å²) in [4.78, 5) is 15.4. The molecule has 31 heavy (non-hydrogen) atoms. The third-order valence-corrected chi connectivity index (χ3v) is 6.08. The summed E-state index contributed by atoms with van der Waals surface area (Å²) in [6.07, 6.45) is 3.78. The second-order valence-electron chi connectivity index (χ2n) is 8.11. The van der Waals surface area contributed by atoms with Gasteiger partial charge in [0.15, 0.2) is 0 Å². The molecule has 1 aliphatic heterocycles. The van der Waals surface area contributed by atoms with Crippen LogP contribution >= 0.6 is 0 Å². The molecular weight excluding hydrogens is 390 g/mol. The Morgan fingerprint density at radius 3 is 2.71 bits per heavy atom. The highest BCUT2D eigenvalue weighted by atomic mass is 16.5. The fraction of sp³-hybridized carbons (Fsp3) is 0.308. The molecular formula is C26H27NO4. The summed E-state index contributed by atoms with van der Waals surface area (Å²) in [6, 6.07) is 14.5. The van der Waals surface area contributed by atoms with Gasteiger partial charge in [0.05, 0.1) is 20.1 Å². The maximum Gasteiger partial charge on any atom is 0.304 e. The van der Waals surface area contributed by atoms with Crippen LogP contribution in [0.5, 0.6) is 11.6 Å². The van der Waals surface area contributed by atoms with Gasteiger partial charge in [0, 0.05) is 29.3 Å². The number of hydrogen-bond donors (Lipinski definition) is 1. The highest BCUT2D eigenvalue weighted by molar-refractivity contribution is 5.72. The van der Waals surface area contributed by atoms with Crippen molar-refractivity contribution in [2.45, 2.75) is 39.0 Å². The van der Waals surface area contributed by atoms with E-state index < -0.39 is 5.97 Å². The molecule has 2 aromatic carbocycles. The first-order chi connectivity index (χ1) is 15.0. The van der Waals surface area contributed by atoms with E-state index in [9.17, 15) is 4.79 Å². The molecule has 3 aromatic rings. The number of methoxy groups -OCH3 is 1. The van der Waals surface area contributed by atoms with E-state index in [1.54, 1.807) is 7.11 Å². The molecule has 0 saturated heterocycles. The fourth-order valence-corrected chi connectivity index (χ4v) is 4.39. The Morgan fingerprint density at radius 1 is 1.16 bits per heavy atom. The standard InChI is InChI=1S/C26H27NO4/c1-16-4-7-19(17(2)26(16)20-9-11-24(30-3)27-14-20)8-5-18-6-10-22-21(13-25(28)29)15-31-23(22)12-18/h4,6-7,9-12,14,21H,5,8,13,15H2,1-3H3,(H,28,29)/t21-/m1/s1. The third-order valence-electron chi connectivity index (χ3n) is 6.08. The highest BCUT2D eigenvalue weighted by Crippen LogP contribution is 2.37. The Bertz CT molecular complexity index is 1110. The minimum absolute atomic E-state index is 0.0541. The van der Waals surface area contributed by atoms with Crippen LogP contribution in [0.2, 0.25) is 0 Å². The normalized spacial score (nSPS) is 14.7. The lowest BCUT2D eigenvalue weighted by Gasteiger charge is -2.15. The second-order valence-corrected chi connectivity index (χ2v) is 8.11. The second kappa shape index (κ2) is 8.80. The smallest absolute Gasteiger partial charge is 0.304 e. The van der Waals surface area contributed by atoms with E-state index >= 15 is 0 Å². The quantitative estimate of drug-likeness (QED) is 0.579. The van der Waals surface area contributed by atoms with E-state index in [0.717, 1.165) is 29.7 Å². The highest BCUT2D eigenvalue weighted by Gasteiger charge is 2.26. The number of aliphatic carboxylic acids is 1. The molecule has 0 saturated carbocycles. The molecule has 0 amide bonds. The van der Waals surface area contributed by atoms with Gasteiger partial charge in [0.2, 0.25) is 5.88 Å². The van der Waals surface area contributed by atoms with E-state index in [-0.39, 0.29) is 12.3 Å². The van der Waals surface area contributed by atoms with Crippen molar-refractivity contribution in [3.05, 3.63) is 76.5 Å². The predicted octanol–water partition coefficient (Wildman–Crippen LogP) is 5.11.